The van der Waals surface area contributed by atoms with Crippen LogP contribution in [0.3, 0.4) is 0 Å². The average molecular weight is 475 g/mol. The lowest BCUT2D eigenvalue weighted by Gasteiger charge is -2.32. The molecule has 0 spiro atoms. The third-order valence-corrected chi connectivity index (χ3v) is 7.75. The summed E-state index contributed by atoms with van der Waals surface area (Å²) in [6, 6.07) is 8.05. The first-order valence-electron chi connectivity index (χ1n) is 10.5. The highest BCUT2D eigenvalue weighted by atomic mass is 32.2. The number of hydrogen-bond acceptors (Lipinski definition) is 5. The predicted octanol–water partition coefficient (Wildman–Crippen LogP) is 3.70. The van der Waals surface area contributed by atoms with Gasteiger partial charge < -0.3 is 14.2 Å². The Morgan fingerprint density at radius 3 is 2.48 bits per heavy atom. The molecule has 0 unspecified atom stereocenters. The standard InChI is InChI=1S/C24H24F2N2O4S/c1-4-33(30,31)16-6-8-23(32-3)18(12-16)19-13-27(2)24(29)17-9-10-28(14-20(17)19)22-7-5-15(25)11-21(22)26/h5-8,11-13H,4,9-10,14H2,1-3H3. The first-order valence-corrected chi connectivity index (χ1v) is 12.1. The van der Waals surface area contributed by atoms with E-state index in [9.17, 15) is 22.0 Å². The number of hydrogen-bond donors (Lipinski definition) is 0. The Hall–Kier alpha value is -3.20. The second kappa shape index (κ2) is 8.62. The number of rotatable bonds is 5. The molecule has 0 saturated carbocycles. The number of sulfone groups is 1. The minimum atomic E-state index is -3.48. The average Bonchev–Trinajstić information content (AvgIpc) is 2.80. The summed E-state index contributed by atoms with van der Waals surface area (Å²) < 4.78 is 59.9. The summed E-state index contributed by atoms with van der Waals surface area (Å²) in [4.78, 5) is 14.8. The van der Waals surface area contributed by atoms with E-state index in [0.717, 1.165) is 6.07 Å². The molecule has 3 aromatic rings. The van der Waals surface area contributed by atoms with E-state index in [1.165, 1.54) is 29.9 Å². The molecule has 2 aromatic carbocycles. The van der Waals surface area contributed by atoms with Gasteiger partial charge in [-0.1, -0.05) is 6.92 Å². The highest BCUT2D eigenvalue weighted by molar-refractivity contribution is 7.91. The maximum atomic E-state index is 14.5. The van der Waals surface area contributed by atoms with Crippen molar-refractivity contribution in [2.75, 3.05) is 24.3 Å². The summed E-state index contributed by atoms with van der Waals surface area (Å²) in [7, 11) is -0.353. The van der Waals surface area contributed by atoms with Gasteiger partial charge in [0.05, 0.1) is 23.4 Å². The summed E-state index contributed by atoms with van der Waals surface area (Å²) in [6.45, 7) is 2.16. The van der Waals surface area contributed by atoms with Crippen LogP contribution in [0.15, 0.2) is 52.3 Å². The van der Waals surface area contributed by atoms with Crippen LogP contribution in [0.25, 0.3) is 11.1 Å². The van der Waals surface area contributed by atoms with E-state index in [-0.39, 0.29) is 28.4 Å². The molecule has 1 aliphatic heterocycles. The first-order chi connectivity index (χ1) is 15.7. The van der Waals surface area contributed by atoms with Crippen LogP contribution in [0, 0.1) is 11.6 Å². The zero-order valence-electron chi connectivity index (χ0n) is 18.6. The van der Waals surface area contributed by atoms with E-state index >= 15 is 0 Å². The van der Waals surface area contributed by atoms with Crippen molar-refractivity contribution in [1.82, 2.24) is 4.57 Å². The van der Waals surface area contributed by atoms with Gasteiger partial charge in [-0.05, 0) is 42.3 Å². The number of halogens is 2. The predicted molar refractivity (Wildman–Crippen MR) is 123 cm³/mol. The van der Waals surface area contributed by atoms with Crippen LogP contribution in [0.1, 0.15) is 18.1 Å². The van der Waals surface area contributed by atoms with Crippen molar-refractivity contribution in [2.24, 2.45) is 7.05 Å². The number of ether oxygens (including phenoxy) is 1. The van der Waals surface area contributed by atoms with Crippen LogP contribution >= 0.6 is 0 Å². The number of anilines is 1. The highest BCUT2D eigenvalue weighted by Crippen LogP contribution is 2.37. The molecule has 0 N–H and O–H groups in total. The van der Waals surface area contributed by atoms with Gasteiger partial charge in [-0.3, -0.25) is 4.79 Å². The van der Waals surface area contributed by atoms with Gasteiger partial charge >= 0.3 is 0 Å². The zero-order valence-corrected chi connectivity index (χ0v) is 19.4. The monoisotopic (exact) mass is 474 g/mol. The number of pyridine rings is 1. The maximum Gasteiger partial charge on any atom is 0.253 e. The van der Waals surface area contributed by atoms with Crippen molar-refractivity contribution >= 4 is 15.5 Å². The first kappa shape index (κ1) is 23.0. The molecule has 0 amide bonds. The largest absolute Gasteiger partial charge is 0.496 e. The van der Waals surface area contributed by atoms with Gasteiger partial charge in [-0.25, -0.2) is 17.2 Å². The van der Waals surface area contributed by atoms with Gasteiger partial charge in [0.25, 0.3) is 5.56 Å². The lowest BCUT2D eigenvalue weighted by atomic mass is 9.92. The number of benzene rings is 2. The molecule has 174 valence electrons. The zero-order chi connectivity index (χ0) is 23.9. The Balaban J connectivity index is 1.91. The van der Waals surface area contributed by atoms with Crippen molar-refractivity contribution in [1.29, 1.82) is 0 Å². The van der Waals surface area contributed by atoms with E-state index in [0.29, 0.717) is 41.0 Å². The van der Waals surface area contributed by atoms with Gasteiger partial charge in [0.15, 0.2) is 9.84 Å². The molecule has 0 saturated heterocycles. The van der Waals surface area contributed by atoms with Gasteiger partial charge in [-0.15, -0.1) is 0 Å². The molecule has 0 atom stereocenters. The fourth-order valence-electron chi connectivity index (χ4n) is 4.22. The molecule has 1 aromatic heterocycles. The van der Waals surface area contributed by atoms with Crippen molar-refractivity contribution in [2.45, 2.75) is 24.8 Å². The Morgan fingerprint density at radius 1 is 1.06 bits per heavy atom. The van der Waals surface area contributed by atoms with Crippen LogP contribution < -0.4 is 15.2 Å². The van der Waals surface area contributed by atoms with Crippen molar-refractivity contribution in [3.05, 3.63) is 75.7 Å². The smallest absolute Gasteiger partial charge is 0.253 e. The molecule has 33 heavy (non-hydrogen) atoms. The maximum absolute atomic E-state index is 14.5. The fraction of sp³-hybridized carbons (Fsp3) is 0.292. The quantitative estimate of drug-likeness (QED) is 0.564. The van der Waals surface area contributed by atoms with Crippen LogP contribution in [0.4, 0.5) is 14.5 Å². The fourth-order valence-corrected chi connectivity index (χ4v) is 5.13. The number of methoxy groups -OCH3 is 1. The van der Waals surface area contributed by atoms with Crippen LogP contribution in [-0.2, 0) is 29.9 Å². The van der Waals surface area contributed by atoms with Crippen LogP contribution in [0.5, 0.6) is 5.75 Å². The molecule has 0 radical (unpaired) electrons. The number of aromatic nitrogens is 1. The van der Waals surface area contributed by atoms with Crippen LogP contribution in [0.2, 0.25) is 0 Å². The molecular formula is C24H24F2N2O4S. The van der Waals surface area contributed by atoms with E-state index < -0.39 is 21.5 Å². The molecule has 0 fully saturated rings. The third-order valence-electron chi connectivity index (χ3n) is 6.02. The molecule has 0 aliphatic carbocycles. The van der Waals surface area contributed by atoms with E-state index in [2.05, 4.69) is 0 Å². The summed E-state index contributed by atoms with van der Waals surface area (Å²) in [6.07, 6.45) is 2.01. The van der Waals surface area contributed by atoms with Crippen molar-refractivity contribution in [3.63, 3.8) is 0 Å². The minimum Gasteiger partial charge on any atom is -0.496 e. The van der Waals surface area contributed by atoms with Gasteiger partial charge in [-0.2, -0.15) is 0 Å². The molecule has 1 aliphatic rings. The normalized spacial score (nSPS) is 13.7. The third kappa shape index (κ3) is 4.13. The summed E-state index contributed by atoms with van der Waals surface area (Å²) in [5, 5.41) is 0. The molecule has 2 heterocycles. The Morgan fingerprint density at radius 2 is 1.82 bits per heavy atom. The molecule has 4 rings (SSSR count). The Bertz CT molecular complexity index is 1400. The number of fused-ring (bicyclic) bond motifs is 1. The highest BCUT2D eigenvalue weighted by Gasteiger charge is 2.27. The van der Waals surface area contributed by atoms with Crippen LogP contribution in [-0.4, -0.2) is 32.4 Å². The van der Waals surface area contributed by atoms with E-state index in [1.54, 1.807) is 37.2 Å². The molecular weight excluding hydrogens is 450 g/mol. The van der Waals surface area contributed by atoms with Gasteiger partial charge in [0.2, 0.25) is 0 Å². The lowest BCUT2D eigenvalue weighted by molar-refractivity contribution is 0.416. The SMILES string of the molecule is CCS(=O)(=O)c1ccc(OC)c(-c2cn(C)c(=O)c3c2CN(c2ccc(F)cc2F)CC3)c1. The second-order valence-corrected chi connectivity index (χ2v) is 10.2. The second-order valence-electron chi connectivity index (χ2n) is 7.95. The van der Waals surface area contributed by atoms with Crippen molar-refractivity contribution < 1.29 is 21.9 Å². The van der Waals surface area contributed by atoms with Gasteiger partial charge in [0, 0.05) is 49.1 Å². The Kier molecular flexibility index (Phi) is 6.00. The summed E-state index contributed by atoms with van der Waals surface area (Å²) in [5.41, 5.74) is 2.48. The van der Waals surface area contributed by atoms with Gasteiger partial charge in [0.1, 0.15) is 17.4 Å². The van der Waals surface area contributed by atoms with E-state index in [4.69, 9.17) is 4.74 Å². The molecule has 6 nitrogen and oxygen atoms in total. The topological polar surface area (TPSA) is 68.6 Å². The van der Waals surface area contributed by atoms with Crippen molar-refractivity contribution in [3.8, 4) is 16.9 Å². The summed E-state index contributed by atoms with van der Waals surface area (Å²) >= 11 is 0. The number of nitrogens with zero attached hydrogens (tertiary/aromatic N) is 2. The minimum absolute atomic E-state index is 0.0538. The van der Waals surface area contributed by atoms with E-state index in [1.807, 2.05) is 0 Å². The lowest BCUT2D eigenvalue weighted by Crippen LogP contribution is -2.36. The Labute approximate surface area is 191 Å². The number of aryl methyl sites for hydroxylation is 1. The summed E-state index contributed by atoms with van der Waals surface area (Å²) in [5.74, 6) is -0.947. The molecule has 9 heteroatoms. The molecule has 0 bridgehead atoms.